The number of rotatable bonds is 52. The zero-order chi connectivity index (χ0) is 47.7. The minimum atomic E-state index is -0.764. The van der Waals surface area contributed by atoms with Gasteiger partial charge < -0.3 is 14.2 Å². The van der Waals surface area contributed by atoms with E-state index < -0.39 is 6.10 Å². The molecule has 0 radical (unpaired) electrons. The highest BCUT2D eigenvalue weighted by Crippen LogP contribution is 2.19. The summed E-state index contributed by atoms with van der Waals surface area (Å²) in [5.41, 5.74) is 0. The third-order valence-corrected chi connectivity index (χ3v) is 13.8. The van der Waals surface area contributed by atoms with Gasteiger partial charge in [-0.15, -0.1) is 0 Å². The van der Waals surface area contributed by atoms with Crippen LogP contribution in [0.2, 0.25) is 0 Å². The van der Waals surface area contributed by atoms with Crippen LogP contribution in [0.1, 0.15) is 324 Å². The molecule has 65 heavy (non-hydrogen) atoms. The van der Waals surface area contributed by atoms with E-state index in [1.807, 2.05) is 0 Å². The average Bonchev–Trinajstić information content (AvgIpc) is 3.28. The van der Waals surface area contributed by atoms with Gasteiger partial charge >= 0.3 is 17.9 Å². The van der Waals surface area contributed by atoms with Crippen LogP contribution in [0, 0.1) is 17.8 Å². The molecule has 0 aliphatic rings. The van der Waals surface area contributed by atoms with Crippen LogP contribution in [0.15, 0.2) is 0 Å². The maximum Gasteiger partial charge on any atom is 0.306 e. The zero-order valence-electron chi connectivity index (χ0n) is 44.8. The van der Waals surface area contributed by atoms with Crippen molar-refractivity contribution in [1.82, 2.24) is 0 Å². The first-order chi connectivity index (χ1) is 31.6. The van der Waals surface area contributed by atoms with Crippen molar-refractivity contribution in [2.24, 2.45) is 17.8 Å². The Morgan fingerprint density at radius 2 is 0.538 bits per heavy atom. The largest absolute Gasteiger partial charge is 0.462 e. The molecule has 0 aliphatic heterocycles. The molecule has 0 rings (SSSR count). The molecule has 0 aromatic heterocycles. The van der Waals surface area contributed by atoms with Gasteiger partial charge in [-0.25, -0.2) is 0 Å². The van der Waals surface area contributed by atoms with Crippen LogP contribution in [-0.2, 0) is 28.6 Å². The molecule has 0 aromatic rings. The van der Waals surface area contributed by atoms with Gasteiger partial charge in [-0.2, -0.15) is 0 Å². The van der Waals surface area contributed by atoms with Crippen molar-refractivity contribution >= 4 is 17.9 Å². The third kappa shape index (κ3) is 51.6. The van der Waals surface area contributed by atoms with Gasteiger partial charge in [-0.3, -0.25) is 14.4 Å². The quantitative estimate of drug-likeness (QED) is 0.0344. The summed E-state index contributed by atoms with van der Waals surface area (Å²) in [5.74, 6) is 1.66. The molecule has 0 fully saturated rings. The summed E-state index contributed by atoms with van der Waals surface area (Å²) in [4.78, 5) is 38.1. The number of hydrogen-bond acceptors (Lipinski definition) is 6. The van der Waals surface area contributed by atoms with E-state index in [0.717, 1.165) is 75.5 Å². The molecule has 6 nitrogen and oxygen atoms in total. The lowest BCUT2D eigenvalue weighted by Crippen LogP contribution is -2.30. The van der Waals surface area contributed by atoms with Crippen LogP contribution in [0.5, 0.6) is 0 Å². The predicted octanol–water partition coefficient (Wildman–Crippen LogP) is 19.1. The Hall–Kier alpha value is -1.59. The third-order valence-electron chi connectivity index (χ3n) is 13.8. The highest BCUT2D eigenvalue weighted by atomic mass is 16.6. The second kappa shape index (κ2) is 50.3. The van der Waals surface area contributed by atoms with Crippen molar-refractivity contribution in [2.45, 2.75) is 330 Å². The number of unbranched alkanes of at least 4 members (excludes halogenated alkanes) is 34. The number of esters is 3. The smallest absolute Gasteiger partial charge is 0.306 e. The Morgan fingerprint density at radius 1 is 0.308 bits per heavy atom. The van der Waals surface area contributed by atoms with Crippen molar-refractivity contribution in [3.63, 3.8) is 0 Å². The standard InChI is InChI=1S/C59H114O6/c1-7-55(6)47-41-35-31-32-38-44-50-59(62)65-56(52-64-58(61)49-43-37-30-26-22-18-14-16-20-24-28-34-40-46-54(4)5)51-63-57(60)48-42-36-29-25-21-17-13-11-9-8-10-12-15-19-23-27-33-39-45-53(2)3/h53-56H,7-52H2,1-6H3/t55?,56-/m1/s1. The molecule has 1 unspecified atom stereocenters. The van der Waals surface area contributed by atoms with Crippen molar-refractivity contribution in [1.29, 1.82) is 0 Å². The molecule has 0 aliphatic carbocycles. The monoisotopic (exact) mass is 919 g/mol. The Labute approximate surface area is 406 Å². The summed E-state index contributed by atoms with van der Waals surface area (Å²) >= 11 is 0. The van der Waals surface area contributed by atoms with Gasteiger partial charge in [0, 0.05) is 19.3 Å². The van der Waals surface area contributed by atoms with Gasteiger partial charge in [0.25, 0.3) is 0 Å². The predicted molar refractivity (Wildman–Crippen MR) is 279 cm³/mol. The van der Waals surface area contributed by atoms with Gasteiger partial charge in [-0.1, -0.05) is 286 Å². The van der Waals surface area contributed by atoms with E-state index in [9.17, 15) is 14.4 Å². The van der Waals surface area contributed by atoms with E-state index in [1.165, 1.54) is 205 Å². The molecule has 6 heteroatoms. The van der Waals surface area contributed by atoms with Gasteiger partial charge in [0.2, 0.25) is 0 Å². The number of carbonyl (C=O) groups excluding carboxylic acids is 3. The molecule has 0 heterocycles. The normalized spacial score (nSPS) is 12.6. The second-order valence-corrected chi connectivity index (χ2v) is 21.5. The minimum absolute atomic E-state index is 0.0645. The van der Waals surface area contributed by atoms with Crippen LogP contribution in [0.3, 0.4) is 0 Å². The molecular formula is C59H114O6. The number of carbonyl (C=O) groups is 3. The summed E-state index contributed by atoms with van der Waals surface area (Å²) in [6.45, 7) is 13.7. The molecule has 0 spiro atoms. The Bertz CT molecular complexity index is 1010. The number of hydrogen-bond donors (Lipinski definition) is 0. The first-order valence-corrected chi connectivity index (χ1v) is 29.1. The summed E-state index contributed by atoms with van der Waals surface area (Å²) < 4.78 is 16.9. The molecule has 0 bridgehead atoms. The maximum atomic E-state index is 12.8. The van der Waals surface area contributed by atoms with Crippen LogP contribution in [0.25, 0.3) is 0 Å². The molecule has 0 amide bonds. The average molecular weight is 920 g/mol. The fraction of sp³-hybridized carbons (Fsp3) is 0.949. The SMILES string of the molecule is CCC(C)CCCCCCCCC(=O)O[C@H](COC(=O)CCCCCCCCCCCCCCCCCCCCC(C)C)COC(=O)CCCCCCCCCCCCCCCC(C)C. The van der Waals surface area contributed by atoms with Crippen molar-refractivity contribution in [2.75, 3.05) is 13.2 Å². The molecule has 0 N–H and O–H groups in total. The first-order valence-electron chi connectivity index (χ1n) is 29.1. The molecular weight excluding hydrogens is 805 g/mol. The summed E-state index contributed by atoms with van der Waals surface area (Å²) in [5, 5.41) is 0. The maximum absolute atomic E-state index is 12.8. The lowest BCUT2D eigenvalue weighted by atomic mass is 10.00. The van der Waals surface area contributed by atoms with E-state index in [4.69, 9.17) is 14.2 Å². The van der Waals surface area contributed by atoms with E-state index in [0.29, 0.717) is 19.3 Å². The number of ether oxygens (including phenoxy) is 3. The van der Waals surface area contributed by atoms with E-state index in [1.54, 1.807) is 0 Å². The van der Waals surface area contributed by atoms with Crippen LogP contribution < -0.4 is 0 Å². The molecule has 386 valence electrons. The fourth-order valence-electron chi connectivity index (χ4n) is 8.97. The van der Waals surface area contributed by atoms with E-state index in [2.05, 4.69) is 41.5 Å². The Balaban J connectivity index is 4.20. The summed E-state index contributed by atoms with van der Waals surface area (Å²) in [6.07, 6.45) is 52.5. The van der Waals surface area contributed by atoms with Gasteiger partial charge in [0.1, 0.15) is 13.2 Å². The van der Waals surface area contributed by atoms with Crippen molar-refractivity contribution in [3.05, 3.63) is 0 Å². The molecule has 2 atom stereocenters. The fourth-order valence-corrected chi connectivity index (χ4v) is 8.97. The van der Waals surface area contributed by atoms with E-state index in [-0.39, 0.29) is 31.1 Å². The lowest BCUT2D eigenvalue weighted by molar-refractivity contribution is -0.167. The highest BCUT2D eigenvalue weighted by Gasteiger charge is 2.19. The molecule has 0 saturated heterocycles. The van der Waals surface area contributed by atoms with E-state index >= 15 is 0 Å². The van der Waals surface area contributed by atoms with Crippen molar-refractivity contribution < 1.29 is 28.6 Å². The van der Waals surface area contributed by atoms with Crippen LogP contribution in [0.4, 0.5) is 0 Å². The lowest BCUT2D eigenvalue weighted by Gasteiger charge is -2.18. The summed E-state index contributed by atoms with van der Waals surface area (Å²) in [6, 6.07) is 0. The molecule has 0 aromatic carbocycles. The van der Waals surface area contributed by atoms with Gasteiger partial charge in [-0.05, 0) is 37.0 Å². The first kappa shape index (κ1) is 63.4. The second-order valence-electron chi connectivity index (χ2n) is 21.5. The van der Waals surface area contributed by atoms with Crippen LogP contribution >= 0.6 is 0 Å². The van der Waals surface area contributed by atoms with Gasteiger partial charge in [0.15, 0.2) is 6.10 Å². The zero-order valence-corrected chi connectivity index (χ0v) is 44.8. The topological polar surface area (TPSA) is 78.9 Å². The Kier molecular flexibility index (Phi) is 49.1. The van der Waals surface area contributed by atoms with Gasteiger partial charge in [0.05, 0.1) is 0 Å². The van der Waals surface area contributed by atoms with Crippen LogP contribution in [-0.4, -0.2) is 37.2 Å². The minimum Gasteiger partial charge on any atom is -0.462 e. The Morgan fingerprint density at radius 3 is 0.800 bits per heavy atom. The van der Waals surface area contributed by atoms with Crippen molar-refractivity contribution in [3.8, 4) is 0 Å². The molecule has 0 saturated carbocycles. The summed E-state index contributed by atoms with van der Waals surface area (Å²) in [7, 11) is 0. The highest BCUT2D eigenvalue weighted by molar-refractivity contribution is 5.71.